The van der Waals surface area contributed by atoms with E-state index in [0.29, 0.717) is 17.5 Å². The van der Waals surface area contributed by atoms with Crippen molar-refractivity contribution in [2.75, 3.05) is 0 Å². The first-order valence-corrected chi connectivity index (χ1v) is 16.0. The summed E-state index contributed by atoms with van der Waals surface area (Å²) in [7, 11) is -4.59. The van der Waals surface area contributed by atoms with Crippen molar-refractivity contribution in [1.29, 1.82) is 5.39 Å². The first-order valence-electron chi connectivity index (χ1n) is 14.6. The lowest BCUT2D eigenvalue weighted by molar-refractivity contribution is 0.435. The highest BCUT2D eigenvalue weighted by Gasteiger charge is 2.28. The number of aromatic hydroxyl groups is 5. The summed E-state index contributed by atoms with van der Waals surface area (Å²) in [5.74, 6) is -1.12. The van der Waals surface area contributed by atoms with E-state index in [2.05, 4.69) is 4.98 Å². The fourth-order valence-electron chi connectivity index (χ4n) is 5.73. The monoisotopic (exact) mass is 641 g/mol. The van der Waals surface area contributed by atoms with E-state index in [1.165, 1.54) is 48.5 Å². The van der Waals surface area contributed by atoms with Crippen molar-refractivity contribution in [3.63, 3.8) is 0 Å². The minimum atomic E-state index is -4.59. The summed E-state index contributed by atoms with van der Waals surface area (Å²) in [4.78, 5) is 2.73. The van der Waals surface area contributed by atoms with Gasteiger partial charge in [0.05, 0.1) is 0 Å². The molecule has 5 aromatic carbocycles. The summed E-state index contributed by atoms with van der Waals surface area (Å²) in [6, 6.07) is 16.4. The molecule has 0 aromatic heterocycles. The molecule has 0 spiro atoms. The number of rotatable bonds is 9. The van der Waals surface area contributed by atoms with E-state index < -0.39 is 15.9 Å². The molecule has 0 bridgehead atoms. The highest BCUT2D eigenvalue weighted by atomic mass is 32.2. The minimum Gasteiger partial charge on any atom is -0.508 e. The van der Waals surface area contributed by atoms with Gasteiger partial charge in [-0.25, -0.2) is 0 Å². The molecule has 0 aliphatic carbocycles. The second kappa shape index (κ2) is 12.5. The zero-order valence-corrected chi connectivity index (χ0v) is 26.3. The Kier molecular flexibility index (Phi) is 8.68. The van der Waals surface area contributed by atoms with Crippen LogP contribution in [0.5, 0.6) is 34.5 Å². The van der Waals surface area contributed by atoms with Gasteiger partial charge in [-0.3, -0.25) is 0 Å². The maximum Gasteiger partial charge on any atom is 0.426 e. The Hall–Kier alpha value is -5.47. The van der Waals surface area contributed by atoms with Crippen LogP contribution in [0.15, 0.2) is 71.6 Å². The lowest BCUT2D eigenvalue weighted by Crippen LogP contribution is -2.13. The maximum absolute atomic E-state index is 13.8. The van der Waals surface area contributed by atoms with Crippen LogP contribution < -0.4 is 4.18 Å². The third-order valence-corrected chi connectivity index (χ3v) is 9.38. The predicted molar refractivity (Wildman–Crippen MR) is 173 cm³/mol. The zero-order chi connectivity index (χ0) is 33.3. The van der Waals surface area contributed by atoms with Gasteiger partial charge in [0.15, 0.2) is 10.7 Å². The number of hydrogen-bond acceptors (Lipinski definition) is 9. The molecule has 0 unspecified atom stereocenters. The smallest absolute Gasteiger partial charge is 0.426 e. The first-order chi connectivity index (χ1) is 21.9. The lowest BCUT2D eigenvalue weighted by Gasteiger charge is -2.19. The molecule has 5 aromatic rings. The third-order valence-electron chi connectivity index (χ3n) is 8.10. The van der Waals surface area contributed by atoms with Gasteiger partial charge in [0, 0.05) is 46.4 Å². The Balaban J connectivity index is 1.58. The zero-order valence-electron chi connectivity index (χ0n) is 25.4. The summed E-state index contributed by atoms with van der Waals surface area (Å²) in [6.07, 6.45) is 0.819. The van der Waals surface area contributed by atoms with Crippen LogP contribution in [0.4, 0.5) is 5.69 Å². The van der Waals surface area contributed by atoms with Gasteiger partial charge >= 0.3 is 15.8 Å². The van der Waals surface area contributed by atoms with E-state index in [-0.39, 0.29) is 86.1 Å². The maximum atomic E-state index is 13.8. The minimum absolute atomic E-state index is 0.103. The fraction of sp³-hybridized carbons (Fsp3) is 0.200. The van der Waals surface area contributed by atoms with Crippen LogP contribution in [0.3, 0.4) is 0 Å². The highest BCUT2D eigenvalue weighted by molar-refractivity contribution is 7.87. The Morgan fingerprint density at radius 2 is 1.37 bits per heavy atom. The van der Waals surface area contributed by atoms with Crippen LogP contribution in [-0.2, 0) is 35.8 Å². The van der Waals surface area contributed by atoms with Crippen molar-refractivity contribution >= 4 is 26.6 Å². The van der Waals surface area contributed by atoms with E-state index in [4.69, 9.17) is 9.58 Å². The molecule has 0 saturated carbocycles. The van der Waals surface area contributed by atoms with Crippen molar-refractivity contribution in [3.05, 3.63) is 111 Å². The largest absolute Gasteiger partial charge is 0.508 e. The average molecular weight is 642 g/mol. The quantitative estimate of drug-likeness (QED) is 0.0821. The molecule has 0 fully saturated rings. The molecule has 0 atom stereocenters. The van der Waals surface area contributed by atoms with Crippen molar-refractivity contribution < 1.29 is 38.1 Å². The third kappa shape index (κ3) is 5.82. The van der Waals surface area contributed by atoms with E-state index >= 15 is 0 Å². The molecule has 0 radical (unpaired) electrons. The summed E-state index contributed by atoms with van der Waals surface area (Å²) in [6.45, 7) is 5.56. The van der Waals surface area contributed by atoms with Crippen molar-refractivity contribution in [2.45, 2.75) is 51.3 Å². The molecule has 0 amide bonds. The Bertz CT molecular complexity index is 2150. The molecule has 236 valence electrons. The van der Waals surface area contributed by atoms with Crippen LogP contribution in [0, 0.1) is 12.3 Å². The van der Waals surface area contributed by atoms with Gasteiger partial charge in [-0.1, -0.05) is 55.8 Å². The predicted octanol–water partition coefficient (Wildman–Crippen LogP) is 7.23. The van der Waals surface area contributed by atoms with E-state index in [0.717, 1.165) is 11.1 Å². The van der Waals surface area contributed by atoms with Crippen molar-refractivity contribution in [1.82, 2.24) is 0 Å². The molecular weight excluding hydrogens is 608 g/mol. The normalized spacial score (nSPS) is 11.4. The van der Waals surface area contributed by atoms with Gasteiger partial charge in [-0.05, 0) is 60.7 Å². The Morgan fingerprint density at radius 3 is 2.04 bits per heavy atom. The molecule has 0 saturated heterocycles. The van der Waals surface area contributed by atoms with Crippen LogP contribution in [0.2, 0.25) is 0 Å². The number of diazo groups is 1. The fourth-order valence-corrected chi connectivity index (χ4v) is 6.94. The molecule has 0 heterocycles. The Labute approximate surface area is 266 Å². The number of phenolic OH excluding ortho intramolecular Hbond substituents is 5. The number of benzene rings is 5. The van der Waals surface area contributed by atoms with Gasteiger partial charge in [0.2, 0.25) is 11.1 Å². The number of aryl methyl sites for hydroxylation is 2. The lowest BCUT2D eigenvalue weighted by atomic mass is 9.93. The van der Waals surface area contributed by atoms with Gasteiger partial charge in [-0.15, -0.1) is 0 Å². The van der Waals surface area contributed by atoms with Gasteiger partial charge in [-0.2, -0.15) is 8.42 Å². The molecule has 5 N–H and O–H groups in total. The van der Waals surface area contributed by atoms with Crippen LogP contribution in [0.1, 0.15) is 52.8 Å². The van der Waals surface area contributed by atoms with Crippen LogP contribution >= 0.6 is 0 Å². The highest BCUT2D eigenvalue weighted by Crippen LogP contribution is 2.42. The van der Waals surface area contributed by atoms with Gasteiger partial charge < -0.3 is 29.7 Å². The molecule has 10 nitrogen and oxygen atoms in total. The molecule has 11 heteroatoms. The van der Waals surface area contributed by atoms with Gasteiger partial charge in [0.1, 0.15) is 27.9 Å². The van der Waals surface area contributed by atoms with Crippen molar-refractivity contribution in [2.24, 2.45) is 0 Å². The first kappa shape index (κ1) is 31.9. The summed E-state index contributed by atoms with van der Waals surface area (Å²) in [5, 5.41) is 63.5. The SMILES string of the molecule is CCc1cc(C)cc(Cc2ccc(O)c(Cc3ccc(O)c(CC)c3OS(=O)(=O)c3cccc4c(O)c([N+]#N)ccc34)c2O)c1O. The second-order valence-corrected chi connectivity index (χ2v) is 12.6. The van der Waals surface area contributed by atoms with Crippen molar-refractivity contribution in [3.8, 4) is 34.5 Å². The number of fused-ring (bicyclic) bond motifs is 1. The molecule has 0 aliphatic rings. The number of hydrogen-bond donors (Lipinski definition) is 5. The van der Waals surface area contributed by atoms with E-state index in [9.17, 15) is 34.0 Å². The number of phenols is 5. The number of nitrogens with zero attached hydrogens (tertiary/aromatic N) is 2. The van der Waals surface area contributed by atoms with E-state index in [1.54, 1.807) is 13.0 Å². The standard InChI is InChI=1S/C35H32N2O8S/c1-4-20-15-19(3)16-23(32(20)40)17-21-9-13-30(39)27(33(21)41)18-22-10-14-29(38)24(5-2)35(22)45-46(43,44)31-8-6-7-26-25(31)11-12-28(37-36)34(26)42/h6-16H,4-5,17-18H2,1-3H3,(H4-,38,39,40,41,42)/p+1. The molecular formula is C35H33N2O8S+. The van der Waals surface area contributed by atoms with Crippen LogP contribution in [-0.4, -0.2) is 34.0 Å². The average Bonchev–Trinajstić information content (AvgIpc) is 3.03. The van der Waals surface area contributed by atoms with E-state index in [1.807, 2.05) is 26.0 Å². The van der Waals surface area contributed by atoms with Crippen LogP contribution in [0.25, 0.3) is 15.7 Å². The Morgan fingerprint density at radius 1 is 0.696 bits per heavy atom. The second-order valence-electron chi connectivity index (χ2n) is 11.0. The summed E-state index contributed by atoms with van der Waals surface area (Å²) in [5.41, 5.74) is 3.19. The molecule has 46 heavy (non-hydrogen) atoms. The summed E-state index contributed by atoms with van der Waals surface area (Å²) >= 11 is 0. The summed E-state index contributed by atoms with van der Waals surface area (Å²) < 4.78 is 33.3. The molecule has 5 rings (SSSR count). The van der Waals surface area contributed by atoms with Gasteiger partial charge in [0.25, 0.3) is 0 Å². The molecule has 0 aliphatic heterocycles. The topological polar surface area (TPSA) is 173 Å².